The normalized spacial score (nSPS) is 10.8. The molecule has 0 fully saturated rings. The third kappa shape index (κ3) is 6.07. The third-order valence-corrected chi connectivity index (χ3v) is 6.93. The molecule has 0 saturated carbocycles. The molecule has 0 aliphatic heterocycles. The van der Waals surface area contributed by atoms with Crippen molar-refractivity contribution in [3.05, 3.63) is 149 Å². The quantitative estimate of drug-likeness (QED) is 0.198. The molecule has 202 valence electrons. The average molecular weight is 540 g/mol. The van der Waals surface area contributed by atoms with Gasteiger partial charge in [0.15, 0.2) is 0 Å². The van der Waals surface area contributed by atoms with Crippen LogP contribution in [-0.2, 0) is 19.6 Å². The van der Waals surface area contributed by atoms with Gasteiger partial charge in [-0.1, -0.05) is 109 Å². The number of rotatable bonds is 10. The molecular formula is C33H29N7O. The van der Waals surface area contributed by atoms with Crippen LogP contribution in [-0.4, -0.2) is 25.2 Å². The molecule has 3 N–H and O–H groups in total. The Morgan fingerprint density at radius 2 is 1.29 bits per heavy atom. The second-order valence-electron chi connectivity index (χ2n) is 9.69. The van der Waals surface area contributed by atoms with Crippen LogP contribution in [0.1, 0.15) is 16.7 Å². The van der Waals surface area contributed by atoms with Crippen molar-refractivity contribution in [2.24, 2.45) is 0 Å². The second-order valence-corrected chi connectivity index (χ2v) is 9.69. The van der Waals surface area contributed by atoms with Gasteiger partial charge in [-0.2, -0.15) is 5.21 Å². The molecule has 2 aromatic heterocycles. The summed E-state index contributed by atoms with van der Waals surface area (Å²) in [5.41, 5.74) is 7.49. The van der Waals surface area contributed by atoms with Crippen LogP contribution >= 0.6 is 0 Å². The minimum atomic E-state index is -0.0717. The van der Waals surface area contributed by atoms with E-state index < -0.39 is 0 Å². The monoisotopic (exact) mass is 539 g/mol. The molecule has 0 atom stereocenters. The number of aromatic nitrogens is 5. The lowest BCUT2D eigenvalue weighted by Gasteiger charge is -2.16. The molecule has 6 aromatic rings. The number of pyridine rings is 1. The molecule has 0 aliphatic carbocycles. The van der Waals surface area contributed by atoms with E-state index in [1.54, 1.807) is 4.57 Å². The van der Waals surface area contributed by atoms with Gasteiger partial charge in [-0.25, -0.2) is 0 Å². The molecular weight excluding hydrogens is 510 g/mol. The van der Waals surface area contributed by atoms with E-state index in [-0.39, 0.29) is 5.56 Å². The van der Waals surface area contributed by atoms with Crippen molar-refractivity contribution in [2.75, 3.05) is 10.6 Å². The van der Waals surface area contributed by atoms with Crippen molar-refractivity contribution in [1.82, 2.24) is 25.2 Å². The fourth-order valence-corrected chi connectivity index (χ4v) is 4.79. The highest BCUT2D eigenvalue weighted by molar-refractivity contribution is 5.80. The van der Waals surface area contributed by atoms with Gasteiger partial charge in [0.2, 0.25) is 5.82 Å². The number of H-pyrrole nitrogens is 1. The first kappa shape index (κ1) is 25.8. The highest BCUT2D eigenvalue weighted by Crippen LogP contribution is 2.30. The summed E-state index contributed by atoms with van der Waals surface area (Å²) in [5, 5.41) is 21.4. The second kappa shape index (κ2) is 12.1. The van der Waals surface area contributed by atoms with E-state index in [1.165, 1.54) is 0 Å². The van der Waals surface area contributed by atoms with E-state index in [0.29, 0.717) is 31.1 Å². The fourth-order valence-electron chi connectivity index (χ4n) is 4.79. The van der Waals surface area contributed by atoms with E-state index in [0.717, 1.165) is 39.1 Å². The molecule has 41 heavy (non-hydrogen) atoms. The van der Waals surface area contributed by atoms with Gasteiger partial charge in [-0.15, -0.1) is 10.2 Å². The zero-order valence-corrected chi connectivity index (χ0v) is 22.4. The maximum absolute atomic E-state index is 13.7. The largest absolute Gasteiger partial charge is 0.379 e. The van der Waals surface area contributed by atoms with E-state index in [4.69, 9.17) is 0 Å². The summed E-state index contributed by atoms with van der Waals surface area (Å²) in [4.78, 5) is 13.7. The summed E-state index contributed by atoms with van der Waals surface area (Å²) in [6.45, 7) is 1.62. The van der Waals surface area contributed by atoms with Crippen LogP contribution in [0.5, 0.6) is 0 Å². The Balaban J connectivity index is 1.24. The number of hydrogen-bond acceptors (Lipinski definition) is 6. The molecule has 0 unspecified atom stereocenters. The highest BCUT2D eigenvalue weighted by atomic mass is 16.1. The van der Waals surface area contributed by atoms with Gasteiger partial charge in [0, 0.05) is 24.8 Å². The number of nitrogens with zero attached hydrogens (tertiary/aromatic N) is 4. The highest BCUT2D eigenvalue weighted by Gasteiger charge is 2.13. The minimum absolute atomic E-state index is 0.0717. The lowest BCUT2D eigenvalue weighted by atomic mass is 9.98. The van der Waals surface area contributed by atoms with E-state index in [9.17, 15) is 4.79 Å². The van der Waals surface area contributed by atoms with Crippen molar-refractivity contribution in [3.8, 4) is 22.5 Å². The van der Waals surface area contributed by atoms with Gasteiger partial charge in [-0.05, 0) is 39.1 Å². The summed E-state index contributed by atoms with van der Waals surface area (Å²) in [6.07, 6.45) is 1.85. The van der Waals surface area contributed by atoms with Crippen molar-refractivity contribution >= 4 is 11.4 Å². The Bertz CT molecular complexity index is 1770. The molecule has 8 heteroatoms. The molecule has 6 rings (SSSR count). The maximum atomic E-state index is 13.7. The zero-order chi connectivity index (χ0) is 27.9. The molecule has 0 saturated heterocycles. The lowest BCUT2D eigenvalue weighted by Crippen LogP contribution is -2.25. The van der Waals surface area contributed by atoms with E-state index in [1.807, 2.05) is 85.1 Å². The number of hydrogen-bond donors (Lipinski definition) is 3. The lowest BCUT2D eigenvalue weighted by molar-refractivity contribution is 0.760. The Labute approximate surface area is 237 Å². The van der Waals surface area contributed by atoms with E-state index in [2.05, 4.69) is 67.7 Å². The number of aromatic amines is 1. The minimum Gasteiger partial charge on any atom is -0.379 e. The molecule has 0 bridgehead atoms. The third-order valence-electron chi connectivity index (χ3n) is 6.93. The summed E-state index contributed by atoms with van der Waals surface area (Å²) >= 11 is 0. The van der Waals surface area contributed by atoms with Crippen LogP contribution in [0.25, 0.3) is 22.5 Å². The summed E-state index contributed by atoms with van der Waals surface area (Å²) < 4.78 is 1.74. The van der Waals surface area contributed by atoms with Gasteiger partial charge < -0.3 is 15.2 Å². The molecule has 8 nitrogen and oxygen atoms in total. The Kier molecular flexibility index (Phi) is 7.62. The first-order chi connectivity index (χ1) is 20.2. The standard InChI is InChI=1S/C33H29N7O/c41-33-31(30(34-21-24-9-3-1-4-10-24)19-20-40(33)23-26-11-5-2-6-12-26)35-22-25-15-17-27(18-16-25)28-13-7-8-14-29(28)32-36-38-39-37-32/h1-20,34-35H,21-23H2,(H,36,37,38,39). The molecule has 4 aromatic carbocycles. The van der Waals surface area contributed by atoms with Gasteiger partial charge in [0.1, 0.15) is 5.69 Å². The van der Waals surface area contributed by atoms with Crippen molar-refractivity contribution in [2.45, 2.75) is 19.6 Å². The summed E-state index contributed by atoms with van der Waals surface area (Å²) in [6, 6.07) is 38.4. The van der Waals surface area contributed by atoms with Gasteiger partial charge in [0.25, 0.3) is 5.56 Å². The fraction of sp³-hybridized carbons (Fsp3) is 0.0909. The van der Waals surface area contributed by atoms with Crippen LogP contribution in [0.2, 0.25) is 0 Å². The van der Waals surface area contributed by atoms with Crippen LogP contribution < -0.4 is 16.2 Å². The molecule has 0 radical (unpaired) electrons. The smallest absolute Gasteiger partial charge is 0.276 e. The molecule has 2 heterocycles. The van der Waals surface area contributed by atoms with Crippen molar-refractivity contribution in [3.63, 3.8) is 0 Å². The molecule has 0 aliphatic rings. The topological polar surface area (TPSA) is 101 Å². The summed E-state index contributed by atoms with van der Waals surface area (Å²) in [5.74, 6) is 0.553. The van der Waals surface area contributed by atoms with Crippen LogP contribution in [0.4, 0.5) is 11.4 Å². The number of benzene rings is 4. The number of tetrazole rings is 1. The molecule has 0 amide bonds. The first-order valence-corrected chi connectivity index (χ1v) is 13.5. The zero-order valence-electron chi connectivity index (χ0n) is 22.4. The SMILES string of the molecule is O=c1c(NCc2ccc(-c3ccccc3-c3nn[nH]n3)cc2)c(NCc2ccccc2)ccn1Cc1ccccc1. The van der Waals surface area contributed by atoms with Crippen LogP contribution in [0.3, 0.4) is 0 Å². The molecule has 0 spiro atoms. The van der Waals surface area contributed by atoms with Crippen molar-refractivity contribution < 1.29 is 0 Å². The Morgan fingerprint density at radius 3 is 2.00 bits per heavy atom. The van der Waals surface area contributed by atoms with E-state index >= 15 is 0 Å². The van der Waals surface area contributed by atoms with Gasteiger partial charge in [-0.3, -0.25) is 4.79 Å². The predicted octanol–water partition coefficient (Wildman–Crippen LogP) is 5.97. The van der Waals surface area contributed by atoms with Crippen LogP contribution in [0, 0.1) is 0 Å². The predicted molar refractivity (Wildman–Crippen MR) is 162 cm³/mol. The van der Waals surface area contributed by atoms with Gasteiger partial charge >= 0.3 is 0 Å². The number of nitrogens with one attached hydrogen (secondary N) is 3. The Morgan fingerprint density at radius 1 is 0.659 bits per heavy atom. The van der Waals surface area contributed by atoms with Crippen LogP contribution in [0.15, 0.2) is 126 Å². The number of anilines is 2. The Hall–Kier alpha value is -5.50. The van der Waals surface area contributed by atoms with Crippen molar-refractivity contribution in [1.29, 1.82) is 0 Å². The maximum Gasteiger partial charge on any atom is 0.276 e. The average Bonchev–Trinajstić information content (AvgIpc) is 3.57. The van der Waals surface area contributed by atoms with Gasteiger partial charge in [0.05, 0.1) is 12.2 Å². The first-order valence-electron chi connectivity index (χ1n) is 13.5. The summed E-state index contributed by atoms with van der Waals surface area (Å²) in [7, 11) is 0.